The van der Waals surface area contributed by atoms with Crippen molar-refractivity contribution in [2.24, 2.45) is 5.92 Å². The number of carbonyl (C=O) groups is 2. The summed E-state index contributed by atoms with van der Waals surface area (Å²) >= 11 is 0. The van der Waals surface area contributed by atoms with Crippen LogP contribution in [0, 0.1) is 12.8 Å². The summed E-state index contributed by atoms with van der Waals surface area (Å²) in [5.41, 5.74) is 1.87. The van der Waals surface area contributed by atoms with Gasteiger partial charge in [0.05, 0.1) is 11.6 Å². The third-order valence-electron chi connectivity index (χ3n) is 4.48. The van der Waals surface area contributed by atoms with E-state index in [1.54, 1.807) is 19.2 Å². The van der Waals surface area contributed by atoms with Gasteiger partial charge in [-0.1, -0.05) is 6.07 Å². The van der Waals surface area contributed by atoms with Crippen LogP contribution in [0.5, 0.6) is 11.5 Å². The van der Waals surface area contributed by atoms with Crippen molar-refractivity contribution >= 4 is 42.3 Å². The lowest BCUT2D eigenvalue weighted by molar-refractivity contribution is -0.120. The van der Waals surface area contributed by atoms with Gasteiger partial charge in [-0.25, -0.2) is 0 Å². The number of hydrogen-bond acceptors (Lipinski definition) is 5. The van der Waals surface area contributed by atoms with Gasteiger partial charge in [-0.2, -0.15) is 0 Å². The van der Waals surface area contributed by atoms with Gasteiger partial charge in [-0.3, -0.25) is 14.6 Å². The highest BCUT2D eigenvalue weighted by Crippen LogP contribution is 2.31. The molecular formula is C20H26Cl2N4O3. The Hall–Kier alpha value is -2.35. The fourth-order valence-electron chi connectivity index (χ4n) is 2.98. The molecule has 1 aromatic heterocycles. The maximum absolute atomic E-state index is 12.6. The standard InChI is InChI=1S/C20H24N4O3.2ClH/c1-13-5-6-16(24-19(25)14-4-3-8-22-12-14)18(10-13)27-15-7-9-23-17(11-15)20(26)21-2;;/h5-7,9-11,14,22H,3-4,8,12H2,1-2H3,(H,21,26)(H,24,25);2*1H. The lowest BCUT2D eigenvalue weighted by Gasteiger charge is -2.22. The van der Waals surface area contributed by atoms with Gasteiger partial charge in [0.15, 0.2) is 5.75 Å². The molecule has 1 atom stereocenters. The summed E-state index contributed by atoms with van der Waals surface area (Å²) in [6.45, 7) is 3.60. The van der Waals surface area contributed by atoms with Crippen LogP contribution in [0.4, 0.5) is 5.69 Å². The van der Waals surface area contributed by atoms with Gasteiger partial charge in [-0.15, -0.1) is 24.8 Å². The van der Waals surface area contributed by atoms with Crippen molar-refractivity contribution in [3.8, 4) is 11.5 Å². The highest BCUT2D eigenvalue weighted by molar-refractivity contribution is 5.94. The predicted octanol–water partition coefficient (Wildman–Crippen LogP) is 3.32. The van der Waals surface area contributed by atoms with E-state index < -0.39 is 0 Å². The zero-order valence-electron chi connectivity index (χ0n) is 16.4. The Balaban J connectivity index is 0.00000210. The van der Waals surface area contributed by atoms with Crippen LogP contribution in [0.2, 0.25) is 0 Å². The highest BCUT2D eigenvalue weighted by Gasteiger charge is 2.22. The number of piperidine rings is 1. The summed E-state index contributed by atoms with van der Waals surface area (Å²) in [5.74, 6) is 0.651. The monoisotopic (exact) mass is 440 g/mol. The molecule has 0 aliphatic carbocycles. The van der Waals surface area contributed by atoms with Gasteiger partial charge in [0.25, 0.3) is 5.91 Å². The van der Waals surface area contributed by atoms with Crippen molar-refractivity contribution in [3.05, 3.63) is 47.8 Å². The summed E-state index contributed by atoms with van der Waals surface area (Å²) in [4.78, 5) is 28.4. The number of benzene rings is 1. The van der Waals surface area contributed by atoms with Crippen LogP contribution in [0.25, 0.3) is 0 Å². The van der Waals surface area contributed by atoms with Crippen LogP contribution in [0.1, 0.15) is 28.9 Å². The van der Waals surface area contributed by atoms with E-state index in [-0.39, 0.29) is 48.2 Å². The first-order valence-electron chi connectivity index (χ1n) is 9.05. The van der Waals surface area contributed by atoms with Crippen LogP contribution in [0.3, 0.4) is 0 Å². The fraction of sp³-hybridized carbons (Fsp3) is 0.350. The molecule has 158 valence electrons. The Morgan fingerprint density at radius 2 is 2.00 bits per heavy atom. The Morgan fingerprint density at radius 1 is 1.21 bits per heavy atom. The maximum Gasteiger partial charge on any atom is 0.269 e. The molecule has 1 aliphatic heterocycles. The molecule has 0 spiro atoms. The molecule has 3 N–H and O–H groups in total. The van der Waals surface area contributed by atoms with E-state index >= 15 is 0 Å². The topological polar surface area (TPSA) is 92.4 Å². The van der Waals surface area contributed by atoms with Crippen LogP contribution in [-0.2, 0) is 4.79 Å². The summed E-state index contributed by atoms with van der Waals surface area (Å²) in [6, 6.07) is 8.85. The molecule has 1 saturated heterocycles. The summed E-state index contributed by atoms with van der Waals surface area (Å²) in [6.07, 6.45) is 3.39. The molecule has 1 fully saturated rings. The first-order chi connectivity index (χ1) is 13.1. The first-order valence-corrected chi connectivity index (χ1v) is 9.05. The first kappa shape index (κ1) is 24.7. The van der Waals surface area contributed by atoms with E-state index in [9.17, 15) is 9.59 Å². The number of nitrogens with zero attached hydrogens (tertiary/aromatic N) is 1. The predicted molar refractivity (Wildman–Crippen MR) is 118 cm³/mol. The van der Waals surface area contributed by atoms with Crippen molar-refractivity contribution < 1.29 is 14.3 Å². The third-order valence-corrected chi connectivity index (χ3v) is 4.48. The maximum atomic E-state index is 12.6. The number of nitrogens with one attached hydrogen (secondary N) is 3. The Labute approximate surface area is 182 Å². The van der Waals surface area contributed by atoms with Crippen LogP contribution < -0.4 is 20.7 Å². The fourth-order valence-corrected chi connectivity index (χ4v) is 2.98. The number of aryl methyl sites for hydroxylation is 1. The lowest BCUT2D eigenvalue weighted by Crippen LogP contribution is -2.37. The number of pyridine rings is 1. The average molecular weight is 441 g/mol. The quantitative estimate of drug-likeness (QED) is 0.662. The molecule has 1 aliphatic rings. The zero-order chi connectivity index (χ0) is 19.2. The van der Waals surface area contributed by atoms with E-state index in [0.717, 1.165) is 24.9 Å². The SMILES string of the molecule is CNC(=O)c1cc(Oc2cc(C)ccc2NC(=O)C2CCCNC2)ccn1.Cl.Cl. The molecule has 1 unspecified atom stereocenters. The Morgan fingerprint density at radius 3 is 2.69 bits per heavy atom. The van der Waals surface area contributed by atoms with Gasteiger partial charge in [-0.05, 0) is 50.1 Å². The smallest absolute Gasteiger partial charge is 0.269 e. The van der Waals surface area contributed by atoms with Crippen molar-refractivity contribution in [3.63, 3.8) is 0 Å². The van der Waals surface area contributed by atoms with E-state index in [1.807, 2.05) is 25.1 Å². The number of rotatable bonds is 5. The van der Waals surface area contributed by atoms with Gasteiger partial charge in [0, 0.05) is 25.9 Å². The Bertz CT molecular complexity index is 842. The second-order valence-electron chi connectivity index (χ2n) is 6.59. The van der Waals surface area contributed by atoms with E-state index in [0.29, 0.717) is 23.7 Å². The van der Waals surface area contributed by atoms with Gasteiger partial charge < -0.3 is 20.7 Å². The van der Waals surface area contributed by atoms with E-state index in [2.05, 4.69) is 20.9 Å². The van der Waals surface area contributed by atoms with Gasteiger partial charge in [0.1, 0.15) is 11.4 Å². The van der Waals surface area contributed by atoms with Crippen molar-refractivity contribution in [1.82, 2.24) is 15.6 Å². The number of anilines is 1. The second kappa shape index (κ2) is 11.6. The second-order valence-corrected chi connectivity index (χ2v) is 6.59. The van der Waals surface area contributed by atoms with Crippen LogP contribution in [-0.4, -0.2) is 36.9 Å². The molecule has 7 nitrogen and oxygen atoms in total. The molecule has 0 radical (unpaired) electrons. The molecule has 2 aromatic rings. The molecule has 0 saturated carbocycles. The van der Waals surface area contributed by atoms with Crippen molar-refractivity contribution in [2.75, 3.05) is 25.5 Å². The van der Waals surface area contributed by atoms with Crippen LogP contribution in [0.15, 0.2) is 36.5 Å². The molecular weight excluding hydrogens is 415 g/mol. The number of aromatic nitrogens is 1. The average Bonchev–Trinajstić information content (AvgIpc) is 2.70. The van der Waals surface area contributed by atoms with Gasteiger partial charge in [0.2, 0.25) is 5.91 Å². The largest absolute Gasteiger partial charge is 0.455 e. The lowest BCUT2D eigenvalue weighted by atomic mass is 9.98. The molecule has 9 heteroatoms. The molecule has 3 rings (SSSR count). The third kappa shape index (κ3) is 6.59. The van der Waals surface area contributed by atoms with Gasteiger partial charge >= 0.3 is 0 Å². The number of halogens is 2. The summed E-state index contributed by atoms with van der Waals surface area (Å²) in [5, 5.41) is 8.76. The zero-order valence-corrected chi connectivity index (χ0v) is 18.0. The number of ether oxygens (including phenoxy) is 1. The van der Waals surface area contributed by atoms with Crippen molar-refractivity contribution in [2.45, 2.75) is 19.8 Å². The van der Waals surface area contributed by atoms with Crippen molar-refractivity contribution in [1.29, 1.82) is 0 Å². The highest BCUT2D eigenvalue weighted by atomic mass is 35.5. The number of amides is 2. The number of carbonyl (C=O) groups excluding carboxylic acids is 2. The minimum Gasteiger partial charge on any atom is -0.455 e. The molecule has 1 aromatic carbocycles. The van der Waals surface area contributed by atoms with E-state index in [1.165, 1.54) is 6.20 Å². The molecule has 2 heterocycles. The summed E-state index contributed by atoms with van der Waals surface area (Å²) < 4.78 is 5.96. The molecule has 29 heavy (non-hydrogen) atoms. The number of hydrogen-bond donors (Lipinski definition) is 3. The minimum atomic E-state index is -0.289. The van der Waals surface area contributed by atoms with Crippen LogP contribution >= 0.6 is 24.8 Å². The van der Waals surface area contributed by atoms with E-state index in [4.69, 9.17) is 4.74 Å². The molecule has 0 bridgehead atoms. The normalized spacial score (nSPS) is 15.3. The Kier molecular flexibility index (Phi) is 9.88. The summed E-state index contributed by atoms with van der Waals surface area (Å²) in [7, 11) is 1.55. The molecule has 2 amide bonds. The minimum absolute atomic E-state index is 0.